The Labute approximate surface area is 235 Å². The van der Waals surface area contributed by atoms with Crippen molar-refractivity contribution in [3.8, 4) is 0 Å². The largest absolute Gasteiger partial charge is 0.462 e. The van der Waals surface area contributed by atoms with E-state index in [2.05, 4.69) is 26.0 Å². The molecule has 0 rings (SSSR count). The molecule has 1 atom stereocenters. The maximum absolute atomic E-state index is 12.0. The third kappa shape index (κ3) is 27.7. The second-order valence-corrected chi connectivity index (χ2v) is 10.9. The van der Waals surface area contributed by atoms with Gasteiger partial charge in [-0.1, -0.05) is 129 Å². The van der Waals surface area contributed by atoms with E-state index in [9.17, 15) is 14.7 Å². The fourth-order valence-electron chi connectivity index (χ4n) is 4.55. The maximum Gasteiger partial charge on any atom is 0.306 e. The Morgan fingerprint density at radius 1 is 0.579 bits per heavy atom. The highest BCUT2D eigenvalue weighted by molar-refractivity contribution is 5.70. The van der Waals surface area contributed by atoms with Crippen LogP contribution in [0.15, 0.2) is 12.2 Å². The van der Waals surface area contributed by atoms with Crippen molar-refractivity contribution in [1.82, 2.24) is 0 Å². The lowest BCUT2D eigenvalue weighted by atomic mass is 10.1. The van der Waals surface area contributed by atoms with Crippen molar-refractivity contribution in [1.29, 1.82) is 0 Å². The van der Waals surface area contributed by atoms with Crippen molar-refractivity contribution < 1.29 is 24.2 Å². The van der Waals surface area contributed by atoms with E-state index in [-0.39, 0.29) is 25.2 Å². The smallest absolute Gasteiger partial charge is 0.306 e. The van der Waals surface area contributed by atoms with Gasteiger partial charge in [-0.2, -0.15) is 0 Å². The second-order valence-electron chi connectivity index (χ2n) is 10.9. The Hall–Kier alpha value is -1.36. The van der Waals surface area contributed by atoms with Crippen LogP contribution in [0.3, 0.4) is 0 Å². The van der Waals surface area contributed by atoms with Gasteiger partial charge < -0.3 is 14.6 Å². The fraction of sp³-hybridized carbons (Fsp3) is 0.879. The number of unbranched alkanes of at least 4 members (excludes halogenated alkanes) is 19. The Bertz CT molecular complexity index is 546. The number of carbonyl (C=O) groups excluding carboxylic acids is 2. The third-order valence-corrected chi connectivity index (χ3v) is 7.06. The number of allylic oxidation sites excluding steroid dienone is 2. The van der Waals surface area contributed by atoms with Gasteiger partial charge in [-0.15, -0.1) is 0 Å². The molecule has 0 aromatic heterocycles. The summed E-state index contributed by atoms with van der Waals surface area (Å²) in [5, 5.41) is 9.47. The first-order chi connectivity index (χ1) is 18.6. The number of aliphatic hydroxyl groups excluding tert-OH is 1. The molecule has 0 aliphatic heterocycles. The molecule has 0 aliphatic rings. The van der Waals surface area contributed by atoms with Gasteiger partial charge in [0.1, 0.15) is 6.61 Å². The predicted molar refractivity (Wildman–Crippen MR) is 159 cm³/mol. The van der Waals surface area contributed by atoms with E-state index in [4.69, 9.17) is 9.47 Å². The van der Waals surface area contributed by atoms with Crippen LogP contribution in [0, 0.1) is 0 Å². The Kier molecular flexibility index (Phi) is 29.1. The van der Waals surface area contributed by atoms with Crippen molar-refractivity contribution >= 4 is 11.9 Å². The van der Waals surface area contributed by atoms with E-state index in [0.717, 1.165) is 44.9 Å². The second kappa shape index (κ2) is 30.2. The van der Waals surface area contributed by atoms with E-state index in [1.54, 1.807) is 0 Å². The van der Waals surface area contributed by atoms with Gasteiger partial charge in [0.15, 0.2) is 6.10 Å². The topological polar surface area (TPSA) is 72.8 Å². The molecule has 0 amide bonds. The summed E-state index contributed by atoms with van der Waals surface area (Å²) in [4.78, 5) is 24.0. The lowest BCUT2D eigenvalue weighted by Gasteiger charge is -2.15. The number of hydrogen-bond donors (Lipinski definition) is 1. The Balaban J connectivity index is 3.59. The number of rotatable bonds is 29. The van der Waals surface area contributed by atoms with Gasteiger partial charge in [-0.3, -0.25) is 9.59 Å². The molecule has 0 heterocycles. The minimum atomic E-state index is -0.765. The average molecular weight is 539 g/mol. The zero-order chi connectivity index (χ0) is 27.9. The van der Waals surface area contributed by atoms with Crippen molar-refractivity contribution in [2.24, 2.45) is 0 Å². The van der Waals surface area contributed by atoms with Crippen LogP contribution in [0.5, 0.6) is 0 Å². The molecule has 0 fully saturated rings. The average Bonchev–Trinajstić information content (AvgIpc) is 2.92. The van der Waals surface area contributed by atoms with Crippen LogP contribution in [-0.2, 0) is 19.1 Å². The number of ether oxygens (including phenoxy) is 2. The van der Waals surface area contributed by atoms with E-state index >= 15 is 0 Å². The molecular weight excluding hydrogens is 476 g/mol. The minimum Gasteiger partial charge on any atom is -0.462 e. The van der Waals surface area contributed by atoms with E-state index in [1.807, 2.05) is 0 Å². The van der Waals surface area contributed by atoms with Gasteiger partial charge in [0.2, 0.25) is 0 Å². The summed E-state index contributed by atoms with van der Waals surface area (Å²) < 4.78 is 10.5. The summed E-state index contributed by atoms with van der Waals surface area (Å²) in [5.74, 6) is -0.599. The van der Waals surface area contributed by atoms with Crippen LogP contribution < -0.4 is 0 Å². The first kappa shape index (κ1) is 36.6. The molecule has 38 heavy (non-hydrogen) atoms. The van der Waals surface area contributed by atoms with Crippen LogP contribution in [0.4, 0.5) is 0 Å². The Morgan fingerprint density at radius 3 is 1.45 bits per heavy atom. The zero-order valence-electron chi connectivity index (χ0n) is 25.2. The standard InChI is InChI=1S/C33H62O5/c1-3-5-7-9-11-13-15-16-18-19-21-23-25-27-32(35)37-30-31(29-34)38-33(36)28-26-24-22-20-17-14-12-10-8-6-4-2/h13,15,31,34H,3-12,14,16-30H2,1-2H3/b15-13-. The monoisotopic (exact) mass is 538 g/mol. The van der Waals surface area contributed by atoms with E-state index in [0.29, 0.717) is 12.8 Å². The SMILES string of the molecule is CCCCCC/C=C\CCCCCCCC(=O)OCC(CO)OC(=O)CCCCCCCCCCCCC. The summed E-state index contributed by atoms with van der Waals surface area (Å²) in [6, 6.07) is 0. The molecule has 0 saturated carbocycles. The quantitative estimate of drug-likeness (QED) is 0.0583. The predicted octanol–water partition coefficient (Wildman–Crippen LogP) is 9.39. The molecule has 224 valence electrons. The van der Waals surface area contributed by atoms with Gasteiger partial charge in [-0.25, -0.2) is 0 Å². The summed E-state index contributed by atoms with van der Waals surface area (Å²) in [5.41, 5.74) is 0. The van der Waals surface area contributed by atoms with Crippen molar-refractivity contribution in [2.45, 2.75) is 174 Å². The van der Waals surface area contributed by atoms with Gasteiger partial charge in [0.25, 0.3) is 0 Å². The van der Waals surface area contributed by atoms with E-state index < -0.39 is 6.10 Å². The first-order valence-corrected chi connectivity index (χ1v) is 16.2. The molecule has 0 saturated heterocycles. The van der Waals surface area contributed by atoms with Gasteiger partial charge >= 0.3 is 11.9 Å². The van der Waals surface area contributed by atoms with Gasteiger partial charge in [0.05, 0.1) is 6.61 Å². The molecule has 5 nitrogen and oxygen atoms in total. The molecular formula is C33H62O5. The normalized spacial score (nSPS) is 12.2. The van der Waals surface area contributed by atoms with Crippen LogP contribution >= 0.6 is 0 Å². The minimum absolute atomic E-state index is 0.0654. The fourth-order valence-corrected chi connectivity index (χ4v) is 4.55. The van der Waals surface area contributed by atoms with Gasteiger partial charge in [-0.05, 0) is 38.5 Å². The maximum atomic E-state index is 12.0. The molecule has 1 N–H and O–H groups in total. The van der Waals surface area contributed by atoms with Crippen molar-refractivity contribution in [3.63, 3.8) is 0 Å². The summed E-state index contributed by atoms with van der Waals surface area (Å²) in [7, 11) is 0. The van der Waals surface area contributed by atoms with Gasteiger partial charge in [0, 0.05) is 12.8 Å². The molecule has 0 radical (unpaired) electrons. The number of hydrogen-bond acceptors (Lipinski definition) is 5. The first-order valence-electron chi connectivity index (χ1n) is 16.2. The molecule has 1 unspecified atom stereocenters. The summed E-state index contributed by atoms with van der Waals surface area (Å²) in [6.45, 7) is 4.09. The molecule has 0 aliphatic carbocycles. The van der Waals surface area contributed by atoms with Crippen LogP contribution in [0.25, 0.3) is 0 Å². The highest BCUT2D eigenvalue weighted by Crippen LogP contribution is 2.13. The molecule has 0 aromatic rings. The molecule has 0 spiro atoms. The lowest BCUT2D eigenvalue weighted by Crippen LogP contribution is -2.28. The number of esters is 2. The van der Waals surface area contributed by atoms with Crippen LogP contribution in [0.2, 0.25) is 0 Å². The molecule has 0 aromatic carbocycles. The molecule has 5 heteroatoms. The molecule has 0 bridgehead atoms. The highest BCUT2D eigenvalue weighted by Gasteiger charge is 2.16. The van der Waals surface area contributed by atoms with Crippen LogP contribution in [-0.4, -0.2) is 36.4 Å². The zero-order valence-corrected chi connectivity index (χ0v) is 25.2. The van der Waals surface area contributed by atoms with Crippen LogP contribution in [0.1, 0.15) is 168 Å². The highest BCUT2D eigenvalue weighted by atomic mass is 16.6. The van der Waals surface area contributed by atoms with E-state index in [1.165, 1.54) is 96.3 Å². The number of aliphatic hydroxyl groups is 1. The van der Waals surface area contributed by atoms with Crippen molar-refractivity contribution in [3.05, 3.63) is 12.2 Å². The lowest BCUT2D eigenvalue weighted by molar-refractivity contribution is -0.161. The Morgan fingerprint density at radius 2 is 0.974 bits per heavy atom. The van der Waals surface area contributed by atoms with Crippen molar-refractivity contribution in [2.75, 3.05) is 13.2 Å². The summed E-state index contributed by atoms with van der Waals surface area (Å²) >= 11 is 0. The third-order valence-electron chi connectivity index (χ3n) is 7.06. The number of carbonyl (C=O) groups is 2. The summed E-state index contributed by atoms with van der Waals surface area (Å²) in [6.07, 6.45) is 31.1.